The first-order chi connectivity index (χ1) is 10.1. The predicted octanol–water partition coefficient (Wildman–Crippen LogP) is 2.98. The van der Waals surface area contributed by atoms with Crippen molar-refractivity contribution in [3.8, 4) is 11.8 Å². The maximum absolute atomic E-state index is 12.0. The number of aliphatic hydroxyl groups is 1. The minimum Gasteiger partial charge on any atom is -0.384 e. The van der Waals surface area contributed by atoms with Gasteiger partial charge < -0.3 is 10.4 Å². The summed E-state index contributed by atoms with van der Waals surface area (Å²) in [6.45, 7) is -0.223. The van der Waals surface area contributed by atoms with Gasteiger partial charge in [0.1, 0.15) is 12.3 Å². The van der Waals surface area contributed by atoms with Crippen molar-refractivity contribution < 1.29 is 9.90 Å². The topological polar surface area (TPSA) is 62.2 Å². The lowest BCUT2D eigenvalue weighted by Gasteiger charge is -2.05. The highest BCUT2D eigenvalue weighted by molar-refractivity contribution is 6.42. The number of halogens is 2. The number of anilines is 1. The quantitative estimate of drug-likeness (QED) is 0.836. The van der Waals surface area contributed by atoms with Crippen molar-refractivity contribution in [3.63, 3.8) is 0 Å². The van der Waals surface area contributed by atoms with E-state index in [0.29, 0.717) is 21.3 Å². The van der Waals surface area contributed by atoms with E-state index in [9.17, 15) is 4.79 Å². The van der Waals surface area contributed by atoms with E-state index in [1.165, 1.54) is 6.20 Å². The molecular formula is C15H10Cl2N2O2. The second kappa shape index (κ2) is 7.09. The van der Waals surface area contributed by atoms with Crippen LogP contribution in [0.2, 0.25) is 10.0 Å². The van der Waals surface area contributed by atoms with Gasteiger partial charge in [-0.2, -0.15) is 0 Å². The number of aromatic nitrogens is 1. The fourth-order valence-electron chi connectivity index (χ4n) is 1.51. The Hall–Kier alpha value is -2.06. The molecule has 1 aromatic carbocycles. The van der Waals surface area contributed by atoms with Gasteiger partial charge in [0, 0.05) is 17.4 Å². The zero-order valence-corrected chi connectivity index (χ0v) is 12.2. The zero-order chi connectivity index (χ0) is 15.2. The Bertz CT molecular complexity index is 719. The van der Waals surface area contributed by atoms with Gasteiger partial charge in [-0.3, -0.25) is 4.79 Å². The Morgan fingerprint density at radius 1 is 1.24 bits per heavy atom. The number of amides is 1. The summed E-state index contributed by atoms with van der Waals surface area (Å²) in [4.78, 5) is 16.0. The molecular weight excluding hydrogens is 311 g/mol. The number of hydrogen-bond acceptors (Lipinski definition) is 3. The molecule has 0 spiro atoms. The van der Waals surface area contributed by atoms with Crippen LogP contribution in [0.25, 0.3) is 0 Å². The average molecular weight is 321 g/mol. The molecule has 106 valence electrons. The third-order valence-electron chi connectivity index (χ3n) is 2.49. The van der Waals surface area contributed by atoms with E-state index in [0.717, 1.165) is 0 Å². The molecule has 4 nitrogen and oxygen atoms in total. The molecule has 0 radical (unpaired) electrons. The number of carbonyl (C=O) groups is 1. The second-order valence-electron chi connectivity index (χ2n) is 3.98. The van der Waals surface area contributed by atoms with Gasteiger partial charge in [-0.15, -0.1) is 0 Å². The van der Waals surface area contributed by atoms with Crippen LogP contribution in [-0.2, 0) is 0 Å². The fourth-order valence-corrected chi connectivity index (χ4v) is 1.81. The van der Waals surface area contributed by atoms with Crippen molar-refractivity contribution in [2.24, 2.45) is 0 Å². The number of rotatable bonds is 2. The molecule has 1 aromatic heterocycles. The molecule has 0 aliphatic rings. The van der Waals surface area contributed by atoms with Gasteiger partial charge in [0.15, 0.2) is 0 Å². The Labute approximate surface area is 131 Å². The molecule has 2 rings (SSSR count). The van der Waals surface area contributed by atoms with Crippen LogP contribution in [0.4, 0.5) is 5.69 Å². The van der Waals surface area contributed by atoms with Gasteiger partial charge in [0.05, 0.1) is 10.0 Å². The summed E-state index contributed by atoms with van der Waals surface area (Å²) in [6, 6.07) is 8.00. The first kappa shape index (κ1) is 15.3. The molecule has 0 atom stereocenters. The zero-order valence-electron chi connectivity index (χ0n) is 10.7. The maximum Gasteiger partial charge on any atom is 0.274 e. The third kappa shape index (κ3) is 4.20. The molecule has 21 heavy (non-hydrogen) atoms. The molecule has 0 bridgehead atoms. The van der Waals surface area contributed by atoms with Gasteiger partial charge in [-0.25, -0.2) is 4.98 Å². The highest BCUT2D eigenvalue weighted by Crippen LogP contribution is 2.25. The molecule has 0 saturated heterocycles. The SMILES string of the molecule is O=C(Nc1ccc(Cl)c(Cl)c1)c1ccc(C#CCO)cn1. The van der Waals surface area contributed by atoms with E-state index in [2.05, 4.69) is 22.1 Å². The number of nitrogens with zero attached hydrogens (tertiary/aromatic N) is 1. The Morgan fingerprint density at radius 2 is 2.05 bits per heavy atom. The third-order valence-corrected chi connectivity index (χ3v) is 3.22. The van der Waals surface area contributed by atoms with Gasteiger partial charge in [-0.1, -0.05) is 35.0 Å². The number of hydrogen-bond donors (Lipinski definition) is 2. The Kier molecular flexibility index (Phi) is 5.18. The minimum atomic E-state index is -0.366. The van der Waals surface area contributed by atoms with Crippen LogP contribution in [0.15, 0.2) is 36.5 Å². The predicted molar refractivity (Wildman–Crippen MR) is 82.6 cm³/mol. The maximum atomic E-state index is 12.0. The van der Waals surface area contributed by atoms with Crippen molar-refractivity contribution in [1.82, 2.24) is 4.98 Å². The largest absolute Gasteiger partial charge is 0.384 e. The Morgan fingerprint density at radius 3 is 2.67 bits per heavy atom. The molecule has 0 fully saturated rings. The average Bonchev–Trinajstić information content (AvgIpc) is 2.49. The summed E-state index contributed by atoms with van der Waals surface area (Å²) in [7, 11) is 0. The summed E-state index contributed by atoms with van der Waals surface area (Å²) in [6.07, 6.45) is 1.46. The molecule has 1 heterocycles. The highest BCUT2D eigenvalue weighted by atomic mass is 35.5. The highest BCUT2D eigenvalue weighted by Gasteiger charge is 2.08. The number of pyridine rings is 1. The van der Waals surface area contributed by atoms with E-state index in [4.69, 9.17) is 28.3 Å². The van der Waals surface area contributed by atoms with Gasteiger partial charge in [0.25, 0.3) is 5.91 Å². The van der Waals surface area contributed by atoms with Crippen LogP contribution >= 0.6 is 23.2 Å². The molecule has 0 saturated carbocycles. The molecule has 1 amide bonds. The van der Waals surface area contributed by atoms with E-state index in [1.807, 2.05) is 0 Å². The number of nitrogens with one attached hydrogen (secondary N) is 1. The summed E-state index contributed by atoms with van der Waals surface area (Å²) >= 11 is 11.7. The van der Waals surface area contributed by atoms with Crippen LogP contribution in [-0.4, -0.2) is 22.6 Å². The molecule has 2 aromatic rings. The second-order valence-corrected chi connectivity index (χ2v) is 4.79. The molecule has 2 N–H and O–H groups in total. The van der Waals surface area contributed by atoms with Crippen LogP contribution < -0.4 is 5.32 Å². The summed E-state index contributed by atoms with van der Waals surface area (Å²) < 4.78 is 0. The molecule has 0 unspecified atom stereocenters. The normalized spacial score (nSPS) is 9.67. The van der Waals surface area contributed by atoms with Crippen molar-refractivity contribution in [3.05, 3.63) is 57.8 Å². The summed E-state index contributed by atoms with van der Waals surface area (Å²) in [5, 5.41) is 12.0. The molecule has 6 heteroatoms. The van der Waals surface area contributed by atoms with Crippen LogP contribution in [0, 0.1) is 11.8 Å². The lowest BCUT2D eigenvalue weighted by Crippen LogP contribution is -2.13. The van der Waals surface area contributed by atoms with Gasteiger partial charge >= 0.3 is 0 Å². The van der Waals surface area contributed by atoms with Crippen LogP contribution in [0.5, 0.6) is 0 Å². The van der Waals surface area contributed by atoms with E-state index < -0.39 is 0 Å². The van der Waals surface area contributed by atoms with Crippen molar-refractivity contribution in [2.75, 3.05) is 11.9 Å². The van der Waals surface area contributed by atoms with Crippen molar-refractivity contribution in [2.45, 2.75) is 0 Å². The van der Waals surface area contributed by atoms with Gasteiger partial charge in [-0.05, 0) is 30.3 Å². The van der Waals surface area contributed by atoms with Crippen LogP contribution in [0.1, 0.15) is 16.1 Å². The minimum absolute atomic E-state index is 0.223. The lowest BCUT2D eigenvalue weighted by molar-refractivity contribution is 0.102. The first-order valence-corrected chi connectivity index (χ1v) is 6.68. The number of carbonyl (C=O) groups excluding carboxylic acids is 1. The van der Waals surface area contributed by atoms with E-state index >= 15 is 0 Å². The Balaban J connectivity index is 2.11. The number of benzene rings is 1. The van der Waals surface area contributed by atoms with E-state index in [1.54, 1.807) is 30.3 Å². The van der Waals surface area contributed by atoms with Crippen LogP contribution in [0.3, 0.4) is 0 Å². The van der Waals surface area contributed by atoms with Crippen molar-refractivity contribution >= 4 is 34.8 Å². The summed E-state index contributed by atoms with van der Waals surface area (Å²) in [5.74, 6) is 4.83. The standard InChI is InChI=1S/C15H10Cl2N2O2/c16-12-5-4-11(8-13(12)17)19-15(21)14-6-3-10(9-18-14)2-1-7-20/h3-6,8-9,20H,7H2,(H,19,21). The molecule has 0 aliphatic heterocycles. The van der Waals surface area contributed by atoms with E-state index in [-0.39, 0.29) is 18.2 Å². The smallest absolute Gasteiger partial charge is 0.274 e. The monoisotopic (exact) mass is 320 g/mol. The lowest BCUT2D eigenvalue weighted by atomic mass is 10.2. The fraction of sp³-hybridized carbons (Fsp3) is 0.0667. The summed E-state index contributed by atoms with van der Waals surface area (Å²) in [5.41, 5.74) is 1.39. The van der Waals surface area contributed by atoms with Gasteiger partial charge in [0.2, 0.25) is 0 Å². The molecule has 0 aliphatic carbocycles. The van der Waals surface area contributed by atoms with Crippen molar-refractivity contribution in [1.29, 1.82) is 0 Å². The number of aliphatic hydroxyl groups excluding tert-OH is 1. The first-order valence-electron chi connectivity index (χ1n) is 5.92.